The minimum atomic E-state index is -3.00. The van der Waals surface area contributed by atoms with Crippen LogP contribution in [0.5, 0.6) is 0 Å². The predicted octanol–water partition coefficient (Wildman–Crippen LogP) is 1.24. The fourth-order valence-electron chi connectivity index (χ4n) is 0.294. The molecule has 0 aromatic rings. The van der Waals surface area contributed by atoms with E-state index in [2.05, 4.69) is 9.47 Å². The highest BCUT2D eigenvalue weighted by Crippen LogP contribution is 1.94. The van der Waals surface area contributed by atoms with E-state index in [1.54, 1.807) is 0 Å². The van der Waals surface area contributed by atoms with Gasteiger partial charge in [0.25, 0.3) is 0 Å². The topological polar surface area (TPSA) is 52.6 Å². The van der Waals surface area contributed by atoms with E-state index < -0.39 is 24.8 Å². The molecule has 0 radical (unpaired) electrons. The van der Waals surface area contributed by atoms with Gasteiger partial charge in [-0.3, -0.25) is 0 Å². The molecule has 0 saturated heterocycles. The SMILES string of the molecule is CCOC(=O)C(F)F.COC(=O)C(F)F. The average Bonchev–Trinajstić information content (AvgIpc) is 2.17. The van der Waals surface area contributed by atoms with Crippen molar-refractivity contribution in [1.29, 1.82) is 0 Å². The van der Waals surface area contributed by atoms with Gasteiger partial charge in [0.05, 0.1) is 13.7 Å². The van der Waals surface area contributed by atoms with Crippen LogP contribution in [0.25, 0.3) is 0 Å². The molecule has 90 valence electrons. The number of carbonyl (C=O) groups excluding carboxylic acids is 2. The number of rotatable bonds is 3. The summed E-state index contributed by atoms with van der Waals surface area (Å²) in [7, 11) is 0.911. The van der Waals surface area contributed by atoms with Gasteiger partial charge in [0.1, 0.15) is 0 Å². The molecule has 0 N–H and O–H groups in total. The van der Waals surface area contributed by atoms with Crippen molar-refractivity contribution >= 4 is 11.9 Å². The lowest BCUT2D eigenvalue weighted by Crippen LogP contribution is -2.13. The normalized spacial score (nSPS) is 9.33. The third kappa shape index (κ3) is 10.6. The summed E-state index contributed by atoms with van der Waals surface area (Å²) in [4.78, 5) is 19.3. The van der Waals surface area contributed by atoms with Gasteiger partial charge < -0.3 is 9.47 Å². The monoisotopic (exact) mass is 234 g/mol. The first-order chi connectivity index (χ1) is 6.86. The summed E-state index contributed by atoms with van der Waals surface area (Å²) in [6.07, 6.45) is -5.99. The van der Waals surface area contributed by atoms with Gasteiger partial charge >= 0.3 is 24.8 Å². The first-order valence-electron chi connectivity index (χ1n) is 3.67. The van der Waals surface area contributed by atoms with Crippen molar-refractivity contribution < 1.29 is 36.6 Å². The number of halogens is 4. The number of esters is 2. The van der Waals surface area contributed by atoms with E-state index in [0.29, 0.717) is 0 Å². The third-order valence-electron chi connectivity index (χ3n) is 0.844. The molecule has 0 bridgehead atoms. The lowest BCUT2D eigenvalue weighted by Gasteiger charge is -1.96. The maximum atomic E-state index is 11.1. The van der Waals surface area contributed by atoms with Gasteiger partial charge in [-0.15, -0.1) is 0 Å². The second-order valence-electron chi connectivity index (χ2n) is 1.88. The Morgan fingerprint density at radius 1 is 1.07 bits per heavy atom. The van der Waals surface area contributed by atoms with Crippen molar-refractivity contribution in [2.24, 2.45) is 0 Å². The third-order valence-corrected chi connectivity index (χ3v) is 0.844. The van der Waals surface area contributed by atoms with E-state index in [1.165, 1.54) is 6.92 Å². The Labute approximate surface area is 83.1 Å². The van der Waals surface area contributed by atoms with E-state index in [4.69, 9.17) is 0 Å². The molecule has 0 aromatic heterocycles. The van der Waals surface area contributed by atoms with E-state index >= 15 is 0 Å². The Kier molecular flexibility index (Phi) is 9.90. The van der Waals surface area contributed by atoms with Gasteiger partial charge in [-0.2, -0.15) is 17.6 Å². The minimum Gasteiger partial charge on any atom is -0.465 e. The zero-order valence-electron chi connectivity index (χ0n) is 8.01. The number of hydrogen-bond acceptors (Lipinski definition) is 4. The van der Waals surface area contributed by atoms with Gasteiger partial charge in [-0.1, -0.05) is 0 Å². The first-order valence-corrected chi connectivity index (χ1v) is 3.67. The van der Waals surface area contributed by atoms with Gasteiger partial charge in [-0.25, -0.2) is 9.59 Å². The maximum Gasteiger partial charge on any atom is 0.373 e. The van der Waals surface area contributed by atoms with Crippen LogP contribution >= 0.6 is 0 Å². The fourth-order valence-corrected chi connectivity index (χ4v) is 0.294. The summed E-state index contributed by atoms with van der Waals surface area (Å²) in [5.41, 5.74) is 0. The van der Waals surface area contributed by atoms with E-state index in [9.17, 15) is 27.2 Å². The van der Waals surface area contributed by atoms with Crippen LogP contribution in [0.4, 0.5) is 17.6 Å². The molecule has 0 aliphatic rings. The first kappa shape index (κ1) is 16.1. The van der Waals surface area contributed by atoms with Crippen LogP contribution in [-0.4, -0.2) is 38.5 Å². The molecule has 15 heavy (non-hydrogen) atoms. The second-order valence-corrected chi connectivity index (χ2v) is 1.88. The van der Waals surface area contributed by atoms with Crippen LogP contribution < -0.4 is 0 Å². The Morgan fingerprint density at radius 3 is 1.53 bits per heavy atom. The molecular weight excluding hydrogens is 224 g/mol. The number of ether oxygens (including phenoxy) is 2. The van der Waals surface area contributed by atoms with Gasteiger partial charge in [0, 0.05) is 0 Å². The Bertz CT molecular complexity index is 195. The van der Waals surface area contributed by atoms with Gasteiger partial charge in [-0.05, 0) is 6.92 Å². The van der Waals surface area contributed by atoms with Crippen molar-refractivity contribution in [3.63, 3.8) is 0 Å². The molecule has 0 rings (SSSR count). The highest BCUT2D eigenvalue weighted by Gasteiger charge is 2.15. The molecule has 8 heteroatoms. The number of alkyl halides is 4. The highest BCUT2D eigenvalue weighted by atomic mass is 19.3. The van der Waals surface area contributed by atoms with Crippen molar-refractivity contribution in [2.45, 2.75) is 19.8 Å². The van der Waals surface area contributed by atoms with Crippen molar-refractivity contribution in [3.05, 3.63) is 0 Å². The van der Waals surface area contributed by atoms with Crippen LogP contribution in [0, 0.1) is 0 Å². The maximum absolute atomic E-state index is 11.1. The lowest BCUT2D eigenvalue weighted by atomic mass is 10.7. The van der Waals surface area contributed by atoms with Crippen molar-refractivity contribution in [3.8, 4) is 0 Å². The smallest absolute Gasteiger partial charge is 0.373 e. The van der Waals surface area contributed by atoms with E-state index in [-0.39, 0.29) is 6.61 Å². The number of carbonyl (C=O) groups is 2. The summed E-state index contributed by atoms with van der Waals surface area (Å²) < 4.78 is 51.7. The molecule has 0 heterocycles. The molecule has 0 unspecified atom stereocenters. The molecule has 0 aliphatic heterocycles. The summed E-state index contributed by atoms with van der Waals surface area (Å²) in [5, 5.41) is 0. The Morgan fingerprint density at radius 2 is 1.47 bits per heavy atom. The molecule has 0 amide bonds. The number of methoxy groups -OCH3 is 1. The zero-order valence-corrected chi connectivity index (χ0v) is 8.01. The Balaban J connectivity index is 0. The largest absolute Gasteiger partial charge is 0.465 e. The molecule has 4 nitrogen and oxygen atoms in total. The van der Waals surface area contributed by atoms with Crippen molar-refractivity contribution in [1.82, 2.24) is 0 Å². The highest BCUT2D eigenvalue weighted by molar-refractivity contribution is 5.72. The van der Waals surface area contributed by atoms with Gasteiger partial charge in [0.15, 0.2) is 0 Å². The van der Waals surface area contributed by atoms with Crippen LogP contribution in [0.15, 0.2) is 0 Å². The van der Waals surface area contributed by atoms with Gasteiger partial charge in [0.2, 0.25) is 0 Å². The molecule has 0 saturated carbocycles. The lowest BCUT2D eigenvalue weighted by molar-refractivity contribution is -0.155. The van der Waals surface area contributed by atoms with Crippen molar-refractivity contribution in [2.75, 3.05) is 13.7 Å². The van der Waals surface area contributed by atoms with Crippen LogP contribution in [0.1, 0.15) is 6.92 Å². The summed E-state index contributed by atoms with van der Waals surface area (Å²) >= 11 is 0. The number of hydrogen-bond donors (Lipinski definition) is 0. The summed E-state index contributed by atoms with van der Waals surface area (Å²) in [5.74, 6) is -2.94. The fraction of sp³-hybridized carbons (Fsp3) is 0.714. The summed E-state index contributed by atoms with van der Waals surface area (Å²) in [6, 6.07) is 0. The zero-order chi connectivity index (χ0) is 12.4. The molecular formula is C7H10F4O4. The molecule has 0 spiro atoms. The van der Waals surface area contributed by atoms with Crippen LogP contribution in [0.2, 0.25) is 0 Å². The van der Waals surface area contributed by atoms with Crippen LogP contribution in [0.3, 0.4) is 0 Å². The molecule has 0 atom stereocenters. The minimum absolute atomic E-state index is 0.00315. The predicted molar refractivity (Wildman–Crippen MR) is 40.7 cm³/mol. The van der Waals surface area contributed by atoms with Crippen LogP contribution in [-0.2, 0) is 19.1 Å². The average molecular weight is 234 g/mol. The second kappa shape index (κ2) is 9.22. The molecule has 0 aromatic carbocycles. The summed E-state index contributed by atoms with van der Waals surface area (Å²) in [6.45, 7) is 1.48. The quantitative estimate of drug-likeness (QED) is 0.544. The standard InChI is InChI=1S/C4H6F2O2.C3H4F2O2/c1-2-8-4(7)3(5)6;1-7-3(6)2(4)5/h3H,2H2,1H3;2H,1H3. The molecule has 0 aliphatic carbocycles. The van der Waals surface area contributed by atoms with E-state index in [0.717, 1.165) is 7.11 Å². The van der Waals surface area contributed by atoms with E-state index in [1.807, 2.05) is 0 Å². The Hall–Kier alpha value is -1.34. The molecule has 0 fully saturated rings.